The summed E-state index contributed by atoms with van der Waals surface area (Å²) in [7, 11) is -4.20. The van der Waals surface area contributed by atoms with Crippen LogP contribution in [0.2, 0.25) is 0 Å². The minimum Gasteiger partial charge on any atom is -0.352 e. The summed E-state index contributed by atoms with van der Waals surface area (Å²) >= 11 is 3.41. The van der Waals surface area contributed by atoms with Crippen LogP contribution >= 0.6 is 15.9 Å². The molecule has 0 aromatic heterocycles. The molecule has 1 saturated carbocycles. The van der Waals surface area contributed by atoms with Crippen molar-refractivity contribution >= 4 is 43.5 Å². The molecule has 2 amide bonds. The number of sulfonamides is 1. The van der Waals surface area contributed by atoms with Crippen molar-refractivity contribution in [2.45, 2.75) is 69.0 Å². The van der Waals surface area contributed by atoms with Crippen molar-refractivity contribution in [1.82, 2.24) is 10.2 Å². The van der Waals surface area contributed by atoms with E-state index in [0.717, 1.165) is 52.0 Å². The maximum atomic E-state index is 14.6. The highest BCUT2D eigenvalue weighted by Gasteiger charge is 2.35. The van der Waals surface area contributed by atoms with E-state index < -0.39 is 34.3 Å². The van der Waals surface area contributed by atoms with Crippen LogP contribution in [0.25, 0.3) is 0 Å². The standard InChI is InChI=1S/C37H39BrFN3O4S/c1-27-12-22-34(23-13-27)47(45,46)42(33-20-16-30(38)17-21-33)26-36(43)41(25-29-14-18-31(39)19-15-29)35(24-28-8-4-2-5-9-28)37(44)40-32-10-6-3-7-11-32/h2,4-5,8-9,12-23,32,35H,3,6-7,10-11,24-26H2,1H3,(H,40,44)/t35-/m0/s1. The Bertz CT molecular complexity index is 1750. The highest BCUT2D eigenvalue weighted by atomic mass is 79.9. The summed E-state index contributed by atoms with van der Waals surface area (Å²) in [6.07, 6.45) is 5.10. The number of hydrogen-bond donors (Lipinski definition) is 1. The largest absolute Gasteiger partial charge is 0.352 e. The molecule has 246 valence electrons. The number of carbonyl (C=O) groups is 2. The summed E-state index contributed by atoms with van der Waals surface area (Å²) in [6, 6.07) is 27.4. The van der Waals surface area contributed by atoms with Gasteiger partial charge in [-0.3, -0.25) is 13.9 Å². The zero-order valence-corrected chi connectivity index (χ0v) is 28.7. The summed E-state index contributed by atoms with van der Waals surface area (Å²) in [5.41, 5.74) is 2.66. The maximum absolute atomic E-state index is 14.6. The first-order chi connectivity index (χ1) is 22.6. The van der Waals surface area contributed by atoms with Gasteiger partial charge in [0.05, 0.1) is 10.6 Å². The molecule has 0 aliphatic heterocycles. The van der Waals surface area contributed by atoms with Crippen LogP contribution in [0.5, 0.6) is 0 Å². The number of halogens is 2. The Morgan fingerprint density at radius 1 is 0.851 bits per heavy atom. The van der Waals surface area contributed by atoms with Crippen LogP contribution < -0.4 is 9.62 Å². The van der Waals surface area contributed by atoms with E-state index >= 15 is 0 Å². The van der Waals surface area contributed by atoms with Crippen molar-refractivity contribution < 1.29 is 22.4 Å². The SMILES string of the molecule is Cc1ccc(S(=O)(=O)N(CC(=O)N(Cc2ccc(F)cc2)[C@@H](Cc2ccccc2)C(=O)NC2CCCCC2)c2ccc(Br)cc2)cc1. The third-order valence-corrected chi connectivity index (χ3v) is 10.8. The summed E-state index contributed by atoms with van der Waals surface area (Å²) in [5, 5.41) is 3.19. The lowest BCUT2D eigenvalue weighted by Crippen LogP contribution is -2.55. The van der Waals surface area contributed by atoms with Gasteiger partial charge in [0.25, 0.3) is 10.0 Å². The Labute approximate surface area is 285 Å². The van der Waals surface area contributed by atoms with E-state index in [9.17, 15) is 22.4 Å². The van der Waals surface area contributed by atoms with Gasteiger partial charge in [0, 0.05) is 23.5 Å². The molecule has 1 atom stereocenters. The maximum Gasteiger partial charge on any atom is 0.264 e. The van der Waals surface area contributed by atoms with Crippen molar-refractivity contribution in [2.75, 3.05) is 10.8 Å². The van der Waals surface area contributed by atoms with Gasteiger partial charge in [-0.1, -0.05) is 95.4 Å². The number of amides is 2. The molecular weight excluding hydrogens is 681 g/mol. The quantitative estimate of drug-likeness (QED) is 0.168. The number of anilines is 1. The number of carbonyl (C=O) groups excluding carboxylic acids is 2. The van der Waals surface area contributed by atoms with E-state index in [4.69, 9.17) is 0 Å². The lowest BCUT2D eigenvalue weighted by molar-refractivity contribution is -0.140. The van der Waals surface area contributed by atoms with Gasteiger partial charge in [-0.2, -0.15) is 0 Å². The normalized spacial score (nSPS) is 14.3. The smallest absolute Gasteiger partial charge is 0.264 e. The number of rotatable bonds is 12. The monoisotopic (exact) mass is 719 g/mol. The average molecular weight is 721 g/mol. The van der Waals surface area contributed by atoms with E-state index in [0.29, 0.717) is 11.3 Å². The fourth-order valence-corrected chi connectivity index (χ4v) is 7.54. The Balaban J connectivity index is 1.55. The first-order valence-electron chi connectivity index (χ1n) is 15.8. The van der Waals surface area contributed by atoms with Gasteiger partial charge >= 0.3 is 0 Å². The Morgan fingerprint density at radius 3 is 2.13 bits per heavy atom. The zero-order chi connectivity index (χ0) is 33.4. The van der Waals surface area contributed by atoms with Crippen LogP contribution in [0.4, 0.5) is 10.1 Å². The molecular formula is C37H39BrFN3O4S. The van der Waals surface area contributed by atoms with Crippen molar-refractivity contribution in [3.63, 3.8) is 0 Å². The first kappa shape index (κ1) is 34.3. The van der Waals surface area contributed by atoms with Gasteiger partial charge in [-0.05, 0) is 79.4 Å². The van der Waals surface area contributed by atoms with E-state index in [2.05, 4.69) is 21.2 Å². The predicted octanol–water partition coefficient (Wildman–Crippen LogP) is 7.18. The summed E-state index contributed by atoms with van der Waals surface area (Å²) in [6.45, 7) is 1.29. The topological polar surface area (TPSA) is 86.8 Å². The average Bonchev–Trinajstić information content (AvgIpc) is 3.07. The minimum absolute atomic E-state index is 0.00141. The number of nitrogens with zero attached hydrogens (tertiary/aromatic N) is 2. The molecule has 0 spiro atoms. The van der Waals surface area contributed by atoms with E-state index in [1.165, 1.54) is 29.2 Å². The van der Waals surface area contributed by atoms with Crippen LogP contribution in [0.3, 0.4) is 0 Å². The van der Waals surface area contributed by atoms with Crippen LogP contribution in [0.1, 0.15) is 48.8 Å². The second kappa shape index (κ2) is 15.7. The Kier molecular flexibility index (Phi) is 11.5. The molecule has 1 N–H and O–H groups in total. The summed E-state index contributed by atoms with van der Waals surface area (Å²) in [4.78, 5) is 30.2. The second-order valence-corrected chi connectivity index (χ2v) is 14.8. The van der Waals surface area contributed by atoms with Gasteiger partial charge < -0.3 is 10.2 Å². The van der Waals surface area contributed by atoms with Gasteiger partial charge in [-0.15, -0.1) is 0 Å². The third kappa shape index (κ3) is 9.08. The molecule has 4 aromatic carbocycles. The lowest BCUT2D eigenvalue weighted by Gasteiger charge is -2.35. The molecule has 0 heterocycles. The van der Waals surface area contributed by atoms with E-state index in [1.54, 1.807) is 48.5 Å². The summed E-state index contributed by atoms with van der Waals surface area (Å²) < 4.78 is 44.1. The molecule has 0 unspecified atom stereocenters. The molecule has 1 aliphatic rings. The number of aryl methyl sites for hydroxylation is 1. The van der Waals surface area contributed by atoms with Crippen LogP contribution in [0.15, 0.2) is 112 Å². The van der Waals surface area contributed by atoms with E-state index in [1.807, 2.05) is 37.3 Å². The van der Waals surface area contributed by atoms with Crippen LogP contribution in [0, 0.1) is 12.7 Å². The number of hydrogen-bond acceptors (Lipinski definition) is 4. The van der Waals surface area contributed by atoms with Gasteiger partial charge in [0.15, 0.2) is 0 Å². The predicted molar refractivity (Wildman–Crippen MR) is 186 cm³/mol. The molecule has 10 heteroatoms. The van der Waals surface area contributed by atoms with Gasteiger partial charge in [0.1, 0.15) is 18.4 Å². The second-order valence-electron chi connectivity index (χ2n) is 12.0. The number of benzene rings is 4. The molecule has 0 saturated heterocycles. The fraction of sp³-hybridized carbons (Fsp3) is 0.297. The molecule has 0 radical (unpaired) electrons. The van der Waals surface area contributed by atoms with E-state index in [-0.39, 0.29) is 29.8 Å². The molecule has 1 aliphatic carbocycles. The van der Waals surface area contributed by atoms with Crippen LogP contribution in [-0.2, 0) is 32.6 Å². The molecule has 0 bridgehead atoms. The van der Waals surface area contributed by atoms with Gasteiger partial charge in [-0.25, -0.2) is 12.8 Å². The Morgan fingerprint density at radius 2 is 1.49 bits per heavy atom. The molecule has 5 rings (SSSR count). The Hall–Kier alpha value is -4.02. The van der Waals surface area contributed by atoms with Crippen molar-refractivity contribution in [1.29, 1.82) is 0 Å². The molecule has 7 nitrogen and oxygen atoms in total. The first-order valence-corrected chi connectivity index (χ1v) is 18.1. The zero-order valence-electron chi connectivity index (χ0n) is 26.3. The minimum atomic E-state index is -4.20. The fourth-order valence-electron chi connectivity index (χ4n) is 5.86. The van der Waals surface area contributed by atoms with Crippen molar-refractivity contribution in [3.8, 4) is 0 Å². The van der Waals surface area contributed by atoms with Crippen molar-refractivity contribution in [2.24, 2.45) is 0 Å². The highest BCUT2D eigenvalue weighted by Crippen LogP contribution is 2.27. The van der Waals surface area contributed by atoms with Crippen LogP contribution in [-0.4, -0.2) is 43.8 Å². The van der Waals surface area contributed by atoms with Crippen molar-refractivity contribution in [3.05, 3.63) is 130 Å². The molecule has 4 aromatic rings. The summed E-state index contributed by atoms with van der Waals surface area (Å²) in [5.74, 6) is -1.28. The number of nitrogens with one attached hydrogen (secondary N) is 1. The molecule has 1 fully saturated rings. The molecule has 47 heavy (non-hydrogen) atoms. The lowest BCUT2D eigenvalue weighted by atomic mass is 9.94. The highest BCUT2D eigenvalue weighted by molar-refractivity contribution is 9.10. The third-order valence-electron chi connectivity index (χ3n) is 8.49. The van der Waals surface area contributed by atoms with Gasteiger partial charge in [0.2, 0.25) is 11.8 Å².